The van der Waals surface area contributed by atoms with Crippen molar-refractivity contribution in [3.05, 3.63) is 75.2 Å². The Hall–Kier alpha value is -2.86. The van der Waals surface area contributed by atoms with E-state index in [1.165, 1.54) is 23.0 Å². The SMILES string of the molecule is Cc1ccc(CN2CCc3nc(-c4cncnc4)[nH]c(=O)c3C2)cc1C. The van der Waals surface area contributed by atoms with Crippen molar-refractivity contribution in [3.63, 3.8) is 0 Å². The Bertz CT molecular complexity index is 997. The summed E-state index contributed by atoms with van der Waals surface area (Å²) < 4.78 is 0. The summed E-state index contributed by atoms with van der Waals surface area (Å²) in [5.41, 5.74) is 6.18. The molecule has 0 amide bonds. The van der Waals surface area contributed by atoms with Gasteiger partial charge in [-0.3, -0.25) is 9.69 Å². The zero-order valence-electron chi connectivity index (χ0n) is 15.0. The highest BCUT2D eigenvalue weighted by atomic mass is 16.1. The van der Waals surface area contributed by atoms with Crippen LogP contribution in [0.4, 0.5) is 0 Å². The van der Waals surface area contributed by atoms with E-state index in [0.29, 0.717) is 12.4 Å². The van der Waals surface area contributed by atoms with Gasteiger partial charge in [-0.1, -0.05) is 18.2 Å². The molecule has 132 valence electrons. The molecule has 0 aliphatic carbocycles. The topological polar surface area (TPSA) is 74.8 Å². The Kier molecular flexibility index (Phi) is 4.34. The number of hydrogen-bond acceptors (Lipinski definition) is 5. The van der Waals surface area contributed by atoms with Crippen molar-refractivity contribution in [2.45, 2.75) is 33.4 Å². The molecule has 3 heterocycles. The number of fused-ring (bicyclic) bond motifs is 1. The van der Waals surface area contributed by atoms with Gasteiger partial charge in [0.05, 0.1) is 16.8 Å². The summed E-state index contributed by atoms with van der Waals surface area (Å²) >= 11 is 0. The Balaban J connectivity index is 1.57. The predicted molar refractivity (Wildman–Crippen MR) is 99.6 cm³/mol. The molecule has 6 heteroatoms. The summed E-state index contributed by atoms with van der Waals surface area (Å²) in [6, 6.07) is 6.55. The van der Waals surface area contributed by atoms with Crippen molar-refractivity contribution in [2.75, 3.05) is 6.54 Å². The maximum absolute atomic E-state index is 12.6. The highest BCUT2D eigenvalue weighted by molar-refractivity contribution is 5.52. The third-order valence-electron chi connectivity index (χ3n) is 4.96. The van der Waals surface area contributed by atoms with E-state index in [1.54, 1.807) is 12.4 Å². The van der Waals surface area contributed by atoms with Crippen LogP contribution >= 0.6 is 0 Å². The first kappa shape index (κ1) is 16.6. The molecule has 4 rings (SSSR count). The molecule has 1 N–H and O–H groups in total. The molecule has 2 aromatic heterocycles. The van der Waals surface area contributed by atoms with Gasteiger partial charge in [0, 0.05) is 38.4 Å². The normalized spacial score (nSPS) is 14.2. The standard InChI is InChI=1S/C20H21N5O/c1-13-3-4-15(7-14(13)2)10-25-6-5-18-17(11-25)20(26)24-19(23-18)16-8-21-12-22-9-16/h3-4,7-9,12H,5-6,10-11H2,1-2H3,(H,23,24,26). The van der Waals surface area contributed by atoms with Crippen LogP contribution in [0, 0.1) is 13.8 Å². The molecule has 26 heavy (non-hydrogen) atoms. The first-order valence-corrected chi connectivity index (χ1v) is 8.76. The quantitative estimate of drug-likeness (QED) is 0.787. The van der Waals surface area contributed by atoms with Gasteiger partial charge in [-0.2, -0.15) is 0 Å². The number of nitrogens with zero attached hydrogens (tertiary/aromatic N) is 4. The highest BCUT2D eigenvalue weighted by Crippen LogP contribution is 2.20. The molecule has 0 saturated heterocycles. The van der Waals surface area contributed by atoms with E-state index in [9.17, 15) is 4.79 Å². The van der Waals surface area contributed by atoms with Crippen molar-refractivity contribution >= 4 is 0 Å². The van der Waals surface area contributed by atoms with Crippen LogP contribution in [-0.4, -0.2) is 31.4 Å². The van der Waals surface area contributed by atoms with Gasteiger partial charge in [-0.05, 0) is 30.5 Å². The Morgan fingerprint density at radius 1 is 1.15 bits per heavy atom. The van der Waals surface area contributed by atoms with E-state index >= 15 is 0 Å². The number of benzene rings is 1. The lowest BCUT2D eigenvalue weighted by atomic mass is 10.0. The van der Waals surface area contributed by atoms with Crippen LogP contribution in [0.1, 0.15) is 27.9 Å². The number of aromatic amines is 1. The summed E-state index contributed by atoms with van der Waals surface area (Å²) in [5, 5.41) is 0. The second-order valence-electron chi connectivity index (χ2n) is 6.85. The minimum Gasteiger partial charge on any atom is -0.306 e. The van der Waals surface area contributed by atoms with Crippen molar-refractivity contribution in [2.24, 2.45) is 0 Å². The maximum atomic E-state index is 12.6. The predicted octanol–water partition coefficient (Wildman–Crippen LogP) is 2.40. The average Bonchev–Trinajstić information content (AvgIpc) is 2.66. The maximum Gasteiger partial charge on any atom is 0.255 e. The second-order valence-corrected chi connectivity index (χ2v) is 6.85. The molecule has 0 fully saturated rings. The average molecular weight is 347 g/mol. The first-order chi connectivity index (χ1) is 12.6. The fourth-order valence-electron chi connectivity index (χ4n) is 3.33. The molecule has 0 unspecified atom stereocenters. The minimum absolute atomic E-state index is 0.0707. The van der Waals surface area contributed by atoms with Gasteiger partial charge in [0.25, 0.3) is 5.56 Å². The molecule has 6 nitrogen and oxygen atoms in total. The van der Waals surface area contributed by atoms with Gasteiger partial charge in [-0.15, -0.1) is 0 Å². The molecule has 1 aromatic carbocycles. The van der Waals surface area contributed by atoms with Crippen molar-refractivity contribution < 1.29 is 0 Å². The number of hydrogen-bond donors (Lipinski definition) is 1. The second kappa shape index (κ2) is 6.80. The molecule has 3 aromatic rings. The number of aryl methyl sites for hydroxylation is 2. The van der Waals surface area contributed by atoms with Crippen LogP contribution in [0.15, 0.2) is 41.7 Å². The van der Waals surface area contributed by atoms with Gasteiger partial charge in [0.1, 0.15) is 12.2 Å². The molecule has 1 aliphatic heterocycles. The van der Waals surface area contributed by atoms with Crippen LogP contribution in [0.5, 0.6) is 0 Å². The van der Waals surface area contributed by atoms with Gasteiger partial charge in [0.2, 0.25) is 0 Å². The van der Waals surface area contributed by atoms with Crippen LogP contribution in [-0.2, 0) is 19.5 Å². The van der Waals surface area contributed by atoms with Crippen molar-refractivity contribution in [1.29, 1.82) is 0 Å². The van der Waals surface area contributed by atoms with E-state index in [-0.39, 0.29) is 5.56 Å². The summed E-state index contributed by atoms with van der Waals surface area (Å²) in [7, 11) is 0. The van der Waals surface area contributed by atoms with Crippen LogP contribution < -0.4 is 5.56 Å². The van der Waals surface area contributed by atoms with Gasteiger partial charge >= 0.3 is 0 Å². The lowest BCUT2D eigenvalue weighted by Crippen LogP contribution is -2.35. The fourth-order valence-corrected chi connectivity index (χ4v) is 3.33. The Labute approximate surface area is 152 Å². The molecule has 0 bridgehead atoms. The summed E-state index contributed by atoms with van der Waals surface area (Å²) in [5.74, 6) is 0.539. The molecule has 1 aliphatic rings. The van der Waals surface area contributed by atoms with Gasteiger partial charge in [0.15, 0.2) is 0 Å². The largest absolute Gasteiger partial charge is 0.306 e. The monoisotopic (exact) mass is 347 g/mol. The van der Waals surface area contributed by atoms with Crippen LogP contribution in [0.2, 0.25) is 0 Å². The van der Waals surface area contributed by atoms with Crippen LogP contribution in [0.3, 0.4) is 0 Å². The van der Waals surface area contributed by atoms with Crippen molar-refractivity contribution in [1.82, 2.24) is 24.8 Å². The van der Waals surface area contributed by atoms with Gasteiger partial charge < -0.3 is 4.98 Å². The summed E-state index contributed by atoms with van der Waals surface area (Å²) in [6.45, 7) is 6.61. The zero-order valence-corrected chi connectivity index (χ0v) is 15.0. The smallest absolute Gasteiger partial charge is 0.255 e. The fraction of sp³-hybridized carbons (Fsp3) is 0.300. The zero-order chi connectivity index (χ0) is 18.1. The Morgan fingerprint density at radius 3 is 2.73 bits per heavy atom. The number of rotatable bonds is 3. The van der Waals surface area contributed by atoms with E-state index in [1.807, 2.05) is 0 Å². The molecule has 0 radical (unpaired) electrons. The number of nitrogens with one attached hydrogen (secondary N) is 1. The summed E-state index contributed by atoms with van der Waals surface area (Å²) in [4.78, 5) is 30.4. The van der Waals surface area contributed by atoms with E-state index in [4.69, 9.17) is 0 Å². The summed E-state index contributed by atoms with van der Waals surface area (Å²) in [6.07, 6.45) is 5.55. The van der Waals surface area contributed by atoms with Gasteiger partial charge in [-0.25, -0.2) is 15.0 Å². The van der Waals surface area contributed by atoms with Crippen molar-refractivity contribution in [3.8, 4) is 11.4 Å². The van der Waals surface area contributed by atoms with E-state index in [0.717, 1.165) is 36.3 Å². The lowest BCUT2D eigenvalue weighted by molar-refractivity contribution is 0.242. The Morgan fingerprint density at radius 2 is 1.96 bits per heavy atom. The highest BCUT2D eigenvalue weighted by Gasteiger charge is 2.21. The van der Waals surface area contributed by atoms with E-state index in [2.05, 4.69) is 56.9 Å². The molecule has 0 saturated carbocycles. The third-order valence-corrected chi connectivity index (χ3v) is 4.96. The lowest BCUT2D eigenvalue weighted by Gasteiger charge is -2.28. The number of aromatic nitrogens is 4. The molecular weight excluding hydrogens is 326 g/mol. The number of H-pyrrole nitrogens is 1. The minimum atomic E-state index is -0.0707. The molecule has 0 spiro atoms. The first-order valence-electron chi connectivity index (χ1n) is 8.76. The van der Waals surface area contributed by atoms with E-state index < -0.39 is 0 Å². The molecule has 0 atom stereocenters. The molecular formula is C20H21N5O. The third kappa shape index (κ3) is 3.28. The van der Waals surface area contributed by atoms with Crippen LogP contribution in [0.25, 0.3) is 11.4 Å².